The lowest BCUT2D eigenvalue weighted by atomic mass is 10.1. The normalized spacial score (nSPS) is 12.7. The number of hydrogen-bond acceptors (Lipinski definition) is 2. The fourth-order valence-corrected chi connectivity index (χ4v) is 2.64. The summed E-state index contributed by atoms with van der Waals surface area (Å²) in [5.41, 5.74) is 8.39. The molecule has 2 aromatic rings. The van der Waals surface area contributed by atoms with E-state index in [1.54, 1.807) is 0 Å². The van der Waals surface area contributed by atoms with Gasteiger partial charge in [0.05, 0.1) is 0 Å². The third kappa shape index (κ3) is 2.71. The molecule has 1 unspecified atom stereocenters. The van der Waals surface area contributed by atoms with E-state index >= 15 is 0 Å². The summed E-state index contributed by atoms with van der Waals surface area (Å²) in [6.07, 6.45) is 0.948. The van der Waals surface area contributed by atoms with Crippen LogP contribution in [0.25, 0.3) is 10.4 Å². The highest BCUT2D eigenvalue weighted by atomic mass is 32.1. The molecule has 0 radical (unpaired) electrons. The Labute approximate surface area is 101 Å². The quantitative estimate of drug-likeness (QED) is 0.858. The van der Waals surface area contributed by atoms with Crippen LogP contribution in [0.4, 0.5) is 0 Å². The first-order valence-electron chi connectivity index (χ1n) is 5.56. The van der Waals surface area contributed by atoms with Gasteiger partial charge in [0.1, 0.15) is 0 Å². The number of hydrogen-bond donors (Lipinski definition) is 1. The minimum atomic E-state index is 0.231. The zero-order chi connectivity index (χ0) is 11.5. The summed E-state index contributed by atoms with van der Waals surface area (Å²) in [6.45, 7) is 4.18. The van der Waals surface area contributed by atoms with Crippen LogP contribution in [0.2, 0.25) is 0 Å². The van der Waals surface area contributed by atoms with Gasteiger partial charge in [-0.05, 0) is 43.5 Å². The van der Waals surface area contributed by atoms with Gasteiger partial charge >= 0.3 is 0 Å². The van der Waals surface area contributed by atoms with E-state index in [1.165, 1.54) is 20.9 Å². The molecular weight excluding hydrogens is 214 g/mol. The summed E-state index contributed by atoms with van der Waals surface area (Å²) in [7, 11) is 0. The molecule has 0 bridgehead atoms. The summed E-state index contributed by atoms with van der Waals surface area (Å²) < 4.78 is 0. The Kier molecular flexibility index (Phi) is 3.42. The van der Waals surface area contributed by atoms with Crippen molar-refractivity contribution in [3.63, 3.8) is 0 Å². The summed E-state index contributed by atoms with van der Waals surface area (Å²) in [4.78, 5) is 2.69. The summed E-state index contributed by atoms with van der Waals surface area (Å²) in [5, 5.41) is 0. The molecule has 0 saturated carbocycles. The molecule has 0 aliphatic rings. The molecule has 2 N–H and O–H groups in total. The second-order valence-corrected chi connectivity index (χ2v) is 5.58. The van der Waals surface area contributed by atoms with E-state index in [2.05, 4.69) is 43.3 Å². The van der Waals surface area contributed by atoms with Crippen molar-refractivity contribution < 1.29 is 0 Å². The first kappa shape index (κ1) is 11.4. The number of benzene rings is 1. The maximum absolute atomic E-state index is 5.78. The molecule has 2 rings (SSSR count). The van der Waals surface area contributed by atoms with Crippen molar-refractivity contribution >= 4 is 11.3 Å². The topological polar surface area (TPSA) is 26.0 Å². The van der Waals surface area contributed by atoms with Crippen molar-refractivity contribution in [2.45, 2.75) is 26.3 Å². The van der Waals surface area contributed by atoms with Gasteiger partial charge in [0.2, 0.25) is 0 Å². The molecule has 0 saturated heterocycles. The van der Waals surface area contributed by atoms with Crippen LogP contribution in [0.15, 0.2) is 36.4 Å². The van der Waals surface area contributed by atoms with Crippen molar-refractivity contribution in [2.75, 3.05) is 0 Å². The second kappa shape index (κ2) is 4.81. The molecule has 0 fully saturated rings. The lowest BCUT2D eigenvalue weighted by molar-refractivity contribution is 0.738. The third-order valence-corrected chi connectivity index (χ3v) is 3.59. The highest BCUT2D eigenvalue weighted by molar-refractivity contribution is 7.15. The molecular formula is C14H17NS. The van der Waals surface area contributed by atoms with Crippen LogP contribution in [0, 0.1) is 6.92 Å². The average Bonchev–Trinajstić information content (AvgIpc) is 2.65. The molecule has 0 aliphatic carbocycles. The van der Waals surface area contributed by atoms with Crippen LogP contribution in [-0.2, 0) is 6.42 Å². The predicted octanol–water partition coefficient (Wildman–Crippen LogP) is 3.61. The molecule has 16 heavy (non-hydrogen) atoms. The summed E-state index contributed by atoms with van der Waals surface area (Å²) in [6, 6.07) is 13.3. The van der Waals surface area contributed by atoms with Crippen molar-refractivity contribution in [1.82, 2.24) is 0 Å². The van der Waals surface area contributed by atoms with Crippen LogP contribution >= 0.6 is 11.3 Å². The van der Waals surface area contributed by atoms with Gasteiger partial charge in [-0.25, -0.2) is 0 Å². The van der Waals surface area contributed by atoms with Crippen molar-refractivity contribution in [3.8, 4) is 10.4 Å². The van der Waals surface area contributed by atoms with Gasteiger partial charge in [-0.1, -0.05) is 24.3 Å². The number of aryl methyl sites for hydroxylation is 1. The molecule has 2 heteroatoms. The molecule has 84 valence electrons. The fraction of sp³-hybridized carbons (Fsp3) is 0.286. The summed E-state index contributed by atoms with van der Waals surface area (Å²) in [5.74, 6) is 0. The highest BCUT2D eigenvalue weighted by Crippen LogP contribution is 2.27. The van der Waals surface area contributed by atoms with E-state index in [-0.39, 0.29) is 6.04 Å². The minimum Gasteiger partial charge on any atom is -0.328 e. The van der Waals surface area contributed by atoms with Crippen LogP contribution in [0.3, 0.4) is 0 Å². The van der Waals surface area contributed by atoms with E-state index in [0.29, 0.717) is 0 Å². The van der Waals surface area contributed by atoms with Crippen LogP contribution in [0.1, 0.15) is 17.4 Å². The zero-order valence-corrected chi connectivity index (χ0v) is 10.6. The van der Waals surface area contributed by atoms with Gasteiger partial charge in [-0.2, -0.15) is 0 Å². The monoisotopic (exact) mass is 231 g/mol. The molecule has 1 aromatic heterocycles. The fourth-order valence-electron chi connectivity index (χ4n) is 1.77. The van der Waals surface area contributed by atoms with Gasteiger partial charge in [-0.15, -0.1) is 11.3 Å². The Morgan fingerprint density at radius 3 is 2.31 bits per heavy atom. The standard InChI is InChI=1S/C14H17NS/c1-10(15)9-12-4-6-13(7-5-12)14-8-3-11(2)16-14/h3-8,10H,9,15H2,1-2H3. The van der Waals surface area contributed by atoms with Gasteiger partial charge in [0.25, 0.3) is 0 Å². The lowest BCUT2D eigenvalue weighted by Gasteiger charge is -2.05. The number of thiophene rings is 1. The summed E-state index contributed by atoms with van der Waals surface area (Å²) >= 11 is 1.84. The van der Waals surface area contributed by atoms with Gasteiger partial charge in [-0.3, -0.25) is 0 Å². The molecule has 0 aliphatic heterocycles. The largest absolute Gasteiger partial charge is 0.328 e. The predicted molar refractivity (Wildman–Crippen MR) is 71.8 cm³/mol. The lowest BCUT2D eigenvalue weighted by Crippen LogP contribution is -2.17. The molecule has 1 atom stereocenters. The first-order chi connectivity index (χ1) is 7.65. The van der Waals surface area contributed by atoms with E-state index in [9.17, 15) is 0 Å². The van der Waals surface area contributed by atoms with Crippen molar-refractivity contribution in [1.29, 1.82) is 0 Å². The van der Waals surface area contributed by atoms with Crippen molar-refractivity contribution in [2.24, 2.45) is 5.73 Å². The first-order valence-corrected chi connectivity index (χ1v) is 6.38. The molecule has 1 nitrogen and oxygen atoms in total. The van der Waals surface area contributed by atoms with Gasteiger partial charge in [0, 0.05) is 15.8 Å². The Balaban J connectivity index is 2.19. The maximum atomic E-state index is 5.78. The number of rotatable bonds is 3. The zero-order valence-electron chi connectivity index (χ0n) is 9.73. The van der Waals surface area contributed by atoms with Crippen LogP contribution in [0.5, 0.6) is 0 Å². The van der Waals surface area contributed by atoms with E-state index in [1.807, 2.05) is 18.3 Å². The Morgan fingerprint density at radius 1 is 1.12 bits per heavy atom. The molecule has 1 heterocycles. The minimum absolute atomic E-state index is 0.231. The third-order valence-electron chi connectivity index (χ3n) is 2.54. The van der Waals surface area contributed by atoms with Gasteiger partial charge in [0.15, 0.2) is 0 Å². The van der Waals surface area contributed by atoms with Gasteiger partial charge < -0.3 is 5.73 Å². The van der Waals surface area contributed by atoms with Crippen molar-refractivity contribution in [3.05, 3.63) is 46.8 Å². The molecule has 0 spiro atoms. The average molecular weight is 231 g/mol. The van der Waals surface area contributed by atoms with E-state index in [0.717, 1.165) is 6.42 Å². The van der Waals surface area contributed by atoms with Crippen LogP contribution in [-0.4, -0.2) is 6.04 Å². The SMILES string of the molecule is Cc1ccc(-c2ccc(CC(C)N)cc2)s1. The molecule has 0 amide bonds. The van der Waals surface area contributed by atoms with E-state index in [4.69, 9.17) is 5.73 Å². The smallest absolute Gasteiger partial charge is 0.0345 e. The second-order valence-electron chi connectivity index (χ2n) is 4.29. The maximum Gasteiger partial charge on any atom is 0.0345 e. The van der Waals surface area contributed by atoms with E-state index < -0.39 is 0 Å². The Hall–Kier alpha value is -1.12. The number of nitrogens with two attached hydrogens (primary N) is 1. The highest BCUT2D eigenvalue weighted by Gasteiger charge is 2.02. The Bertz CT molecular complexity index is 454. The Morgan fingerprint density at radius 2 is 1.81 bits per heavy atom. The van der Waals surface area contributed by atoms with Crippen LogP contribution < -0.4 is 5.73 Å². The molecule has 1 aromatic carbocycles.